The van der Waals surface area contributed by atoms with Crippen molar-refractivity contribution in [2.45, 2.75) is 31.3 Å². The fraction of sp³-hybridized carbons (Fsp3) is 0.385. The van der Waals surface area contributed by atoms with Crippen molar-refractivity contribution in [2.24, 2.45) is 0 Å². The lowest BCUT2D eigenvalue weighted by atomic mass is 10.1. The van der Waals surface area contributed by atoms with Gasteiger partial charge in [-0.1, -0.05) is 6.07 Å². The molecule has 0 fully saturated rings. The normalized spacial score (nSPS) is 11.7. The first-order valence-electron chi connectivity index (χ1n) is 6.57. The number of aromatic nitrogens is 3. The molecule has 0 saturated carbocycles. The molecule has 0 amide bonds. The Balaban J connectivity index is 1.95. The molecular weight excluding hydrogens is 292 g/mol. The van der Waals surface area contributed by atoms with Gasteiger partial charge in [-0.15, -0.1) is 0 Å². The number of nitrogens with zero attached hydrogens (tertiary/aromatic N) is 2. The Morgan fingerprint density at radius 1 is 1.38 bits per heavy atom. The zero-order valence-corrected chi connectivity index (χ0v) is 12.5. The van der Waals surface area contributed by atoms with Crippen LogP contribution in [0.15, 0.2) is 29.4 Å². The van der Waals surface area contributed by atoms with Crippen LogP contribution in [0.3, 0.4) is 0 Å². The molecule has 2 aromatic rings. The van der Waals surface area contributed by atoms with Gasteiger partial charge >= 0.3 is 0 Å². The predicted molar refractivity (Wildman–Crippen MR) is 77.0 cm³/mol. The first-order chi connectivity index (χ1) is 10.0. The Morgan fingerprint density at radius 3 is 2.86 bits per heavy atom. The summed E-state index contributed by atoms with van der Waals surface area (Å²) >= 11 is 0. The van der Waals surface area contributed by atoms with Crippen LogP contribution in [-0.2, 0) is 23.1 Å². The van der Waals surface area contributed by atoms with Gasteiger partial charge in [0.15, 0.2) is 0 Å². The Bertz CT molecular complexity index is 683. The van der Waals surface area contributed by atoms with Gasteiger partial charge in [-0.3, -0.25) is 5.10 Å². The minimum atomic E-state index is -3.56. The predicted octanol–water partition coefficient (Wildman–Crippen LogP) is 0.517. The van der Waals surface area contributed by atoms with Crippen LogP contribution in [0, 0.1) is 6.92 Å². The summed E-state index contributed by atoms with van der Waals surface area (Å²) in [5.41, 5.74) is 1.47. The Morgan fingerprint density at radius 2 is 2.19 bits per heavy atom. The number of H-pyrrole nitrogens is 1. The molecule has 2 rings (SSSR count). The minimum absolute atomic E-state index is 0.164. The summed E-state index contributed by atoms with van der Waals surface area (Å²) in [4.78, 5) is 4.13. The maximum atomic E-state index is 12.1. The summed E-state index contributed by atoms with van der Waals surface area (Å²) in [7, 11) is -3.56. The van der Waals surface area contributed by atoms with Crippen molar-refractivity contribution in [1.82, 2.24) is 19.9 Å². The number of rotatable bonds is 7. The second-order valence-electron chi connectivity index (χ2n) is 4.68. The lowest BCUT2D eigenvalue weighted by molar-refractivity contribution is 0.280. The lowest BCUT2D eigenvalue weighted by Gasteiger charge is -2.09. The third kappa shape index (κ3) is 4.10. The highest BCUT2D eigenvalue weighted by Crippen LogP contribution is 2.15. The monoisotopic (exact) mass is 310 g/mol. The molecule has 8 heteroatoms. The molecule has 0 radical (unpaired) electrons. The van der Waals surface area contributed by atoms with E-state index in [1.54, 1.807) is 6.07 Å². The lowest BCUT2D eigenvalue weighted by Crippen LogP contribution is -2.25. The van der Waals surface area contributed by atoms with E-state index >= 15 is 0 Å². The van der Waals surface area contributed by atoms with Crippen molar-refractivity contribution in [1.29, 1.82) is 0 Å². The number of sulfonamides is 1. The smallest absolute Gasteiger partial charge is 0.240 e. The molecule has 0 aliphatic carbocycles. The number of nitrogens with one attached hydrogen (secondary N) is 2. The third-order valence-electron chi connectivity index (χ3n) is 3.15. The quantitative estimate of drug-likeness (QED) is 0.646. The molecule has 0 unspecified atom stereocenters. The van der Waals surface area contributed by atoms with Gasteiger partial charge in [0.1, 0.15) is 12.2 Å². The summed E-state index contributed by atoms with van der Waals surface area (Å²) < 4.78 is 26.8. The van der Waals surface area contributed by atoms with E-state index in [2.05, 4.69) is 19.9 Å². The highest BCUT2D eigenvalue weighted by atomic mass is 32.2. The largest absolute Gasteiger partial charge is 0.392 e. The van der Waals surface area contributed by atoms with Crippen molar-refractivity contribution in [3.63, 3.8) is 0 Å². The topological polar surface area (TPSA) is 108 Å². The Labute approximate surface area is 123 Å². The average Bonchev–Trinajstić information content (AvgIpc) is 2.97. The maximum Gasteiger partial charge on any atom is 0.240 e. The van der Waals surface area contributed by atoms with Crippen molar-refractivity contribution in [3.05, 3.63) is 41.5 Å². The van der Waals surface area contributed by atoms with Crippen LogP contribution in [0.2, 0.25) is 0 Å². The number of aryl methyl sites for hydroxylation is 2. The number of aliphatic hydroxyl groups excluding tert-OH is 1. The summed E-state index contributed by atoms with van der Waals surface area (Å²) in [5.74, 6) is 0.729. The molecule has 0 aliphatic rings. The first kappa shape index (κ1) is 15.6. The van der Waals surface area contributed by atoms with Gasteiger partial charge in [-0.05, 0) is 36.6 Å². The van der Waals surface area contributed by atoms with Crippen LogP contribution < -0.4 is 4.72 Å². The van der Waals surface area contributed by atoms with Crippen molar-refractivity contribution >= 4 is 10.0 Å². The number of hydrogen-bond acceptors (Lipinski definition) is 5. The molecule has 0 atom stereocenters. The van der Waals surface area contributed by atoms with Gasteiger partial charge in [0.25, 0.3) is 0 Å². The molecule has 114 valence electrons. The average molecular weight is 310 g/mol. The minimum Gasteiger partial charge on any atom is -0.392 e. The summed E-state index contributed by atoms with van der Waals surface area (Å²) in [5, 5.41) is 15.6. The molecule has 1 heterocycles. The van der Waals surface area contributed by atoms with E-state index in [9.17, 15) is 13.5 Å². The van der Waals surface area contributed by atoms with E-state index in [4.69, 9.17) is 0 Å². The molecule has 0 aliphatic heterocycles. The standard InChI is InChI=1S/C13H18N4O3S/c1-10-4-5-12(7-11(10)8-18)21(19,20)16-6-2-3-13-14-9-15-17-13/h4-5,7,9,16,18H,2-3,6,8H2,1H3,(H,14,15,17). The van der Waals surface area contributed by atoms with E-state index < -0.39 is 10.0 Å². The zero-order chi connectivity index (χ0) is 15.3. The summed E-state index contributed by atoms with van der Waals surface area (Å²) in [6.45, 7) is 1.96. The van der Waals surface area contributed by atoms with Gasteiger partial charge in [0, 0.05) is 13.0 Å². The zero-order valence-electron chi connectivity index (χ0n) is 11.7. The van der Waals surface area contributed by atoms with Gasteiger partial charge in [0.05, 0.1) is 11.5 Å². The van der Waals surface area contributed by atoms with Crippen LogP contribution in [0.5, 0.6) is 0 Å². The Hall–Kier alpha value is -1.77. The summed E-state index contributed by atoms with van der Waals surface area (Å²) in [6.07, 6.45) is 2.66. The van der Waals surface area contributed by atoms with Crippen LogP contribution in [-0.4, -0.2) is 35.3 Å². The van der Waals surface area contributed by atoms with Gasteiger partial charge in [-0.25, -0.2) is 18.1 Å². The van der Waals surface area contributed by atoms with Crippen LogP contribution in [0.25, 0.3) is 0 Å². The molecular formula is C13H18N4O3S. The van der Waals surface area contributed by atoms with E-state index in [-0.39, 0.29) is 11.5 Å². The molecule has 0 spiro atoms. The van der Waals surface area contributed by atoms with Crippen molar-refractivity contribution in [3.8, 4) is 0 Å². The molecule has 0 saturated heterocycles. The highest BCUT2D eigenvalue weighted by molar-refractivity contribution is 7.89. The van der Waals surface area contributed by atoms with E-state index in [0.717, 1.165) is 11.4 Å². The number of benzene rings is 1. The maximum absolute atomic E-state index is 12.1. The number of aromatic amines is 1. The van der Waals surface area contributed by atoms with Crippen LogP contribution in [0.1, 0.15) is 23.4 Å². The fourth-order valence-electron chi connectivity index (χ4n) is 1.88. The van der Waals surface area contributed by atoms with E-state index in [0.29, 0.717) is 24.9 Å². The molecule has 0 bridgehead atoms. The van der Waals surface area contributed by atoms with Crippen molar-refractivity contribution in [2.75, 3.05) is 6.54 Å². The first-order valence-corrected chi connectivity index (χ1v) is 8.05. The van der Waals surface area contributed by atoms with E-state index in [1.807, 2.05) is 6.92 Å². The molecule has 21 heavy (non-hydrogen) atoms. The van der Waals surface area contributed by atoms with Crippen LogP contribution in [0.4, 0.5) is 0 Å². The molecule has 7 nitrogen and oxygen atoms in total. The number of aliphatic hydroxyl groups is 1. The highest BCUT2D eigenvalue weighted by Gasteiger charge is 2.14. The molecule has 3 N–H and O–H groups in total. The van der Waals surface area contributed by atoms with Crippen molar-refractivity contribution < 1.29 is 13.5 Å². The van der Waals surface area contributed by atoms with Gasteiger partial charge in [-0.2, -0.15) is 5.10 Å². The second-order valence-corrected chi connectivity index (χ2v) is 6.45. The van der Waals surface area contributed by atoms with Gasteiger partial charge < -0.3 is 5.11 Å². The molecule has 1 aromatic carbocycles. The number of hydrogen-bond donors (Lipinski definition) is 3. The third-order valence-corrected chi connectivity index (χ3v) is 4.61. The molecule has 1 aromatic heterocycles. The Kier molecular flexibility index (Phi) is 5.05. The second kappa shape index (κ2) is 6.79. The SMILES string of the molecule is Cc1ccc(S(=O)(=O)NCCCc2ncn[nH]2)cc1CO. The van der Waals surface area contributed by atoms with E-state index in [1.165, 1.54) is 18.5 Å². The fourth-order valence-corrected chi connectivity index (χ4v) is 3.01. The summed E-state index contributed by atoms with van der Waals surface area (Å²) in [6, 6.07) is 4.72. The van der Waals surface area contributed by atoms with Gasteiger partial charge in [0.2, 0.25) is 10.0 Å². The van der Waals surface area contributed by atoms with Crippen LogP contribution >= 0.6 is 0 Å².